The number of hydrogen-bond donors (Lipinski definition) is 2. The summed E-state index contributed by atoms with van der Waals surface area (Å²) in [5.41, 5.74) is 0.740. The molecule has 2 N–H and O–H groups in total. The maximum absolute atomic E-state index is 10.8. The summed E-state index contributed by atoms with van der Waals surface area (Å²) in [6.45, 7) is 3.06. The molecular weight excluding hydrogens is 215 g/mol. The maximum Gasteiger partial charge on any atom is 1.00 e. The maximum atomic E-state index is 10.8. The van der Waals surface area contributed by atoms with Crippen molar-refractivity contribution in [3.05, 3.63) is 23.3 Å². The Morgan fingerprint density at radius 2 is 1.71 bits per heavy atom. The summed E-state index contributed by atoms with van der Waals surface area (Å²) >= 11 is 0. The third-order valence-electron chi connectivity index (χ3n) is 1.77. The SMILES string of the molecule is Cc1cc(S(=O)(=O)O)c(C)cc1O.[H-].[Na+]. The van der Waals surface area contributed by atoms with Gasteiger partial charge in [0.1, 0.15) is 5.75 Å². The number of phenols is 1. The van der Waals surface area contributed by atoms with Gasteiger partial charge in [-0.25, -0.2) is 0 Å². The normalized spacial score (nSPS) is 10.8. The number of aromatic hydroxyl groups is 1. The van der Waals surface area contributed by atoms with Crippen LogP contribution in [0.3, 0.4) is 0 Å². The van der Waals surface area contributed by atoms with Gasteiger partial charge in [0.15, 0.2) is 0 Å². The first-order valence-corrected chi connectivity index (χ1v) is 5.04. The summed E-state index contributed by atoms with van der Waals surface area (Å²) in [5.74, 6) is 0.0184. The van der Waals surface area contributed by atoms with Crippen LogP contribution >= 0.6 is 0 Å². The second-order valence-corrected chi connectivity index (χ2v) is 4.27. The fourth-order valence-corrected chi connectivity index (χ4v) is 1.84. The van der Waals surface area contributed by atoms with Crippen LogP contribution in [0.25, 0.3) is 0 Å². The van der Waals surface area contributed by atoms with Gasteiger partial charge in [-0.1, -0.05) is 0 Å². The van der Waals surface area contributed by atoms with Crippen molar-refractivity contribution >= 4 is 10.1 Å². The van der Waals surface area contributed by atoms with Gasteiger partial charge >= 0.3 is 29.6 Å². The molecule has 0 saturated carbocycles. The Morgan fingerprint density at radius 1 is 1.21 bits per heavy atom. The van der Waals surface area contributed by atoms with Crippen LogP contribution in [0.5, 0.6) is 5.75 Å². The van der Waals surface area contributed by atoms with E-state index in [9.17, 15) is 13.5 Å². The molecule has 0 amide bonds. The summed E-state index contributed by atoms with van der Waals surface area (Å²) in [6.07, 6.45) is 0. The average Bonchev–Trinajstić information content (AvgIpc) is 1.94. The van der Waals surface area contributed by atoms with E-state index in [2.05, 4.69) is 0 Å². The summed E-state index contributed by atoms with van der Waals surface area (Å²) in [7, 11) is -4.18. The van der Waals surface area contributed by atoms with Crippen molar-refractivity contribution in [1.82, 2.24) is 0 Å². The minimum atomic E-state index is -4.18. The average molecular weight is 226 g/mol. The fourth-order valence-electron chi connectivity index (χ4n) is 1.05. The molecule has 0 aliphatic carbocycles. The van der Waals surface area contributed by atoms with Crippen LogP contribution in [-0.4, -0.2) is 18.1 Å². The van der Waals surface area contributed by atoms with Gasteiger partial charge in [-0.3, -0.25) is 4.55 Å². The molecule has 14 heavy (non-hydrogen) atoms. The Kier molecular flexibility index (Phi) is 4.61. The minimum absolute atomic E-state index is 0. The molecule has 0 saturated heterocycles. The van der Waals surface area contributed by atoms with Crippen molar-refractivity contribution < 1.29 is 49.1 Å². The van der Waals surface area contributed by atoms with Gasteiger partial charge in [0.05, 0.1) is 4.90 Å². The van der Waals surface area contributed by atoms with Crippen molar-refractivity contribution in [3.63, 3.8) is 0 Å². The fraction of sp³-hybridized carbons (Fsp3) is 0.250. The van der Waals surface area contributed by atoms with Crippen LogP contribution in [0.4, 0.5) is 0 Å². The molecule has 0 aliphatic rings. The molecular formula is C8H11NaO4S. The molecule has 0 fully saturated rings. The van der Waals surface area contributed by atoms with Crippen molar-refractivity contribution in [2.75, 3.05) is 0 Å². The first kappa shape index (κ1) is 13.9. The third-order valence-corrected chi connectivity index (χ3v) is 2.77. The molecule has 6 heteroatoms. The first-order chi connectivity index (χ1) is 5.82. The zero-order valence-electron chi connectivity index (χ0n) is 9.27. The standard InChI is InChI=1S/C8H10O4S.Na.H/c1-5-4-8(13(10,11)12)6(2)3-7(5)9;;/h3-4,9H,1-2H3,(H,10,11,12);;/q;+1;-1. The molecule has 0 unspecified atom stereocenters. The van der Waals surface area contributed by atoms with Gasteiger partial charge in [0.2, 0.25) is 0 Å². The molecule has 0 atom stereocenters. The van der Waals surface area contributed by atoms with Gasteiger partial charge < -0.3 is 6.53 Å². The quantitative estimate of drug-likeness (QED) is 0.445. The number of hydrogen-bond acceptors (Lipinski definition) is 3. The molecule has 0 radical (unpaired) electrons. The van der Waals surface area contributed by atoms with Crippen LogP contribution in [0.2, 0.25) is 0 Å². The zero-order chi connectivity index (χ0) is 10.2. The second-order valence-electron chi connectivity index (χ2n) is 2.88. The molecule has 1 rings (SSSR count). The summed E-state index contributed by atoms with van der Waals surface area (Å²) < 4.78 is 30.4. The number of rotatable bonds is 1. The number of benzene rings is 1. The second kappa shape index (κ2) is 4.63. The van der Waals surface area contributed by atoms with Crippen molar-refractivity contribution in [1.29, 1.82) is 0 Å². The summed E-state index contributed by atoms with van der Waals surface area (Å²) in [4.78, 5) is -0.164. The van der Waals surface area contributed by atoms with Gasteiger partial charge in [-0.2, -0.15) is 8.42 Å². The topological polar surface area (TPSA) is 74.6 Å². The van der Waals surface area contributed by atoms with Crippen LogP contribution in [0.15, 0.2) is 17.0 Å². The third kappa shape index (κ3) is 2.96. The van der Waals surface area contributed by atoms with Crippen LogP contribution in [-0.2, 0) is 10.1 Å². The molecule has 1 aromatic rings. The number of phenolic OH excluding ortho intramolecular Hbond substituents is 1. The molecule has 0 aromatic heterocycles. The Hall–Kier alpha value is -0.0700. The largest absolute Gasteiger partial charge is 1.00 e. The van der Waals surface area contributed by atoms with Crippen molar-refractivity contribution in [2.24, 2.45) is 0 Å². The smallest absolute Gasteiger partial charge is 1.00 e. The Morgan fingerprint density at radius 3 is 2.14 bits per heavy atom. The van der Waals surface area contributed by atoms with Gasteiger partial charge in [0, 0.05) is 0 Å². The van der Waals surface area contributed by atoms with Crippen LogP contribution in [0, 0.1) is 13.8 Å². The Labute approximate surface area is 106 Å². The first-order valence-electron chi connectivity index (χ1n) is 3.60. The van der Waals surface area contributed by atoms with E-state index in [0.717, 1.165) is 0 Å². The van der Waals surface area contributed by atoms with Crippen LogP contribution < -0.4 is 29.6 Å². The molecule has 4 nitrogen and oxygen atoms in total. The van der Waals surface area contributed by atoms with Crippen LogP contribution in [0.1, 0.15) is 12.6 Å². The van der Waals surface area contributed by atoms with E-state index in [0.29, 0.717) is 11.1 Å². The minimum Gasteiger partial charge on any atom is -1.00 e. The molecule has 0 bridgehead atoms. The van der Waals surface area contributed by atoms with E-state index >= 15 is 0 Å². The molecule has 0 aliphatic heterocycles. The van der Waals surface area contributed by atoms with E-state index in [-0.39, 0.29) is 41.6 Å². The molecule has 74 valence electrons. The van der Waals surface area contributed by atoms with E-state index in [4.69, 9.17) is 4.55 Å². The van der Waals surface area contributed by atoms with Gasteiger partial charge in [0.25, 0.3) is 10.1 Å². The number of aryl methyl sites for hydroxylation is 2. The monoisotopic (exact) mass is 226 g/mol. The van der Waals surface area contributed by atoms with E-state index in [1.165, 1.54) is 19.1 Å². The Balaban J connectivity index is 0. The molecule has 0 spiro atoms. The molecule has 0 heterocycles. The predicted octanol–water partition coefficient (Wildman–Crippen LogP) is -1.63. The predicted molar refractivity (Wildman–Crippen MR) is 48.5 cm³/mol. The van der Waals surface area contributed by atoms with Gasteiger partial charge in [-0.05, 0) is 37.1 Å². The molecule has 1 aromatic carbocycles. The van der Waals surface area contributed by atoms with Crippen molar-refractivity contribution in [3.8, 4) is 5.75 Å². The summed E-state index contributed by atoms with van der Waals surface area (Å²) in [5, 5.41) is 9.21. The Bertz CT molecular complexity index is 444. The van der Waals surface area contributed by atoms with E-state index in [1.54, 1.807) is 6.92 Å². The van der Waals surface area contributed by atoms with E-state index in [1.807, 2.05) is 0 Å². The zero-order valence-corrected chi connectivity index (χ0v) is 11.1. The van der Waals surface area contributed by atoms with Gasteiger partial charge in [-0.15, -0.1) is 0 Å². The van der Waals surface area contributed by atoms with Crippen molar-refractivity contribution in [2.45, 2.75) is 18.7 Å². The van der Waals surface area contributed by atoms with E-state index < -0.39 is 10.1 Å². The summed E-state index contributed by atoms with van der Waals surface area (Å²) in [6, 6.07) is 2.54.